The molecule has 0 bridgehead atoms. The molecular weight excluding hydrogens is 188 g/mol. The van der Waals surface area contributed by atoms with Crippen LogP contribution in [0.4, 0.5) is 0 Å². The molecule has 1 rings (SSSR count). The molecule has 0 spiro atoms. The lowest BCUT2D eigenvalue weighted by atomic mass is 9.98. The van der Waals surface area contributed by atoms with E-state index in [0.29, 0.717) is 10.6 Å². The van der Waals surface area contributed by atoms with E-state index in [1.165, 1.54) is 0 Å². The molecule has 2 N–H and O–H groups in total. The van der Waals surface area contributed by atoms with Crippen LogP contribution in [0, 0.1) is 5.92 Å². The molecule has 3 heteroatoms. The average Bonchev–Trinajstić information content (AvgIpc) is 2.16. The average molecular weight is 201 g/mol. The molecule has 0 aliphatic carbocycles. The van der Waals surface area contributed by atoms with Gasteiger partial charge in [-0.05, 0) is 11.6 Å². The molecule has 13 heavy (non-hydrogen) atoms. The predicted octanol–water partition coefficient (Wildman–Crippen LogP) is 2.00. The van der Waals surface area contributed by atoms with E-state index in [9.17, 15) is 5.11 Å². The summed E-state index contributed by atoms with van der Waals surface area (Å²) in [6.45, 7) is 1.72. The number of benzene rings is 1. The van der Waals surface area contributed by atoms with Crippen LogP contribution in [0.5, 0.6) is 0 Å². The Balaban J connectivity index is 2.88. The molecule has 0 aromatic heterocycles. The van der Waals surface area contributed by atoms with Crippen molar-refractivity contribution in [3.63, 3.8) is 0 Å². The second-order valence-corrected chi connectivity index (χ2v) is 3.53. The fraction of sp³-hybridized carbons (Fsp3) is 0.400. The lowest BCUT2D eigenvalue weighted by Gasteiger charge is -2.17. The first-order valence-electron chi connectivity index (χ1n) is 4.20. The van der Waals surface area contributed by atoms with Crippen LogP contribution in [0.3, 0.4) is 0 Å². The minimum absolute atomic E-state index is 0.0492. The highest BCUT2D eigenvalue weighted by atomic mass is 35.5. The maximum Gasteiger partial charge on any atom is 0.0851 e. The third-order valence-corrected chi connectivity index (χ3v) is 2.40. The first-order chi connectivity index (χ1) is 6.16. The van der Waals surface area contributed by atoms with Crippen LogP contribution in [0.1, 0.15) is 18.6 Å². The normalized spacial score (nSPS) is 15.4. The van der Waals surface area contributed by atoms with Crippen molar-refractivity contribution >= 4 is 11.6 Å². The molecule has 1 aromatic carbocycles. The third-order valence-electron chi connectivity index (χ3n) is 2.05. The van der Waals surface area contributed by atoms with Crippen LogP contribution < -0.4 is 0 Å². The Morgan fingerprint density at radius 3 is 2.54 bits per heavy atom. The molecule has 2 nitrogen and oxygen atoms in total. The minimum atomic E-state index is -0.696. The van der Waals surface area contributed by atoms with Gasteiger partial charge in [0.15, 0.2) is 0 Å². The number of halogens is 1. The summed E-state index contributed by atoms with van der Waals surface area (Å²) in [5.74, 6) is -0.195. The summed E-state index contributed by atoms with van der Waals surface area (Å²) in [6.07, 6.45) is -0.696. The van der Waals surface area contributed by atoms with Crippen molar-refractivity contribution in [2.45, 2.75) is 13.0 Å². The van der Waals surface area contributed by atoms with E-state index in [1.807, 2.05) is 12.1 Å². The van der Waals surface area contributed by atoms with Gasteiger partial charge in [0.05, 0.1) is 6.10 Å². The summed E-state index contributed by atoms with van der Waals surface area (Å²) in [4.78, 5) is 0. The van der Waals surface area contributed by atoms with Gasteiger partial charge in [0.2, 0.25) is 0 Å². The van der Waals surface area contributed by atoms with Crippen molar-refractivity contribution in [1.29, 1.82) is 0 Å². The minimum Gasteiger partial charge on any atom is -0.396 e. The Labute approximate surface area is 82.8 Å². The van der Waals surface area contributed by atoms with Crippen molar-refractivity contribution in [3.8, 4) is 0 Å². The van der Waals surface area contributed by atoms with E-state index in [2.05, 4.69) is 0 Å². The van der Waals surface area contributed by atoms with E-state index >= 15 is 0 Å². The zero-order chi connectivity index (χ0) is 9.84. The van der Waals surface area contributed by atoms with Gasteiger partial charge in [-0.25, -0.2) is 0 Å². The number of aliphatic hydroxyl groups is 2. The van der Waals surface area contributed by atoms with Crippen LogP contribution in [-0.2, 0) is 0 Å². The van der Waals surface area contributed by atoms with Gasteiger partial charge in [-0.2, -0.15) is 0 Å². The molecule has 0 heterocycles. The van der Waals surface area contributed by atoms with Gasteiger partial charge in [0, 0.05) is 17.5 Å². The van der Waals surface area contributed by atoms with Crippen molar-refractivity contribution < 1.29 is 10.2 Å². The third kappa shape index (κ3) is 2.44. The zero-order valence-electron chi connectivity index (χ0n) is 7.44. The monoisotopic (exact) mass is 200 g/mol. The van der Waals surface area contributed by atoms with Gasteiger partial charge in [-0.3, -0.25) is 0 Å². The zero-order valence-corrected chi connectivity index (χ0v) is 8.20. The summed E-state index contributed by atoms with van der Waals surface area (Å²) >= 11 is 5.88. The Morgan fingerprint density at radius 2 is 2.00 bits per heavy atom. The van der Waals surface area contributed by atoms with Crippen LogP contribution in [0.2, 0.25) is 5.02 Å². The summed E-state index contributed by atoms with van der Waals surface area (Å²) in [6, 6.07) is 7.11. The summed E-state index contributed by atoms with van der Waals surface area (Å²) in [5.41, 5.74) is 0.672. The topological polar surface area (TPSA) is 40.5 Å². The molecule has 0 fully saturated rings. The lowest BCUT2D eigenvalue weighted by molar-refractivity contribution is 0.0771. The second kappa shape index (κ2) is 4.61. The molecule has 1 aromatic rings. The van der Waals surface area contributed by atoms with Crippen LogP contribution in [-0.4, -0.2) is 16.8 Å². The number of hydrogen-bond acceptors (Lipinski definition) is 2. The maximum atomic E-state index is 9.73. The highest BCUT2D eigenvalue weighted by molar-refractivity contribution is 6.31. The molecular formula is C10H13ClO2. The first-order valence-corrected chi connectivity index (χ1v) is 4.58. The Bertz CT molecular complexity index is 275. The van der Waals surface area contributed by atoms with Gasteiger partial charge in [-0.1, -0.05) is 36.7 Å². The number of aliphatic hydroxyl groups excluding tert-OH is 2. The lowest BCUT2D eigenvalue weighted by Crippen LogP contribution is -2.13. The van der Waals surface area contributed by atoms with Crippen molar-refractivity contribution in [3.05, 3.63) is 34.9 Å². The summed E-state index contributed by atoms with van der Waals surface area (Å²) in [7, 11) is 0. The number of rotatable bonds is 3. The van der Waals surface area contributed by atoms with E-state index in [-0.39, 0.29) is 12.5 Å². The van der Waals surface area contributed by atoms with Crippen LogP contribution >= 0.6 is 11.6 Å². The van der Waals surface area contributed by atoms with Gasteiger partial charge < -0.3 is 10.2 Å². The molecule has 0 unspecified atom stereocenters. The van der Waals surface area contributed by atoms with Gasteiger partial charge >= 0.3 is 0 Å². The molecule has 0 aliphatic rings. The SMILES string of the molecule is C[C@@H](CO)[C@H](O)c1ccccc1Cl. The quantitative estimate of drug-likeness (QED) is 0.784. The molecule has 0 saturated carbocycles. The smallest absolute Gasteiger partial charge is 0.0851 e. The largest absolute Gasteiger partial charge is 0.396 e. The first kappa shape index (κ1) is 10.5. The molecule has 0 saturated heterocycles. The van der Waals surface area contributed by atoms with E-state index < -0.39 is 6.10 Å². The van der Waals surface area contributed by atoms with Gasteiger partial charge in [0.25, 0.3) is 0 Å². The standard InChI is InChI=1S/C10H13ClO2/c1-7(6-12)10(13)8-4-2-3-5-9(8)11/h2-5,7,10,12-13H,6H2,1H3/t7-,10-/m0/s1. The highest BCUT2D eigenvalue weighted by Gasteiger charge is 2.17. The molecule has 72 valence electrons. The van der Waals surface area contributed by atoms with Crippen LogP contribution in [0.25, 0.3) is 0 Å². The molecule has 2 atom stereocenters. The number of hydrogen-bond donors (Lipinski definition) is 2. The van der Waals surface area contributed by atoms with Crippen molar-refractivity contribution in [1.82, 2.24) is 0 Å². The Kier molecular flexibility index (Phi) is 3.72. The van der Waals surface area contributed by atoms with E-state index in [4.69, 9.17) is 16.7 Å². The van der Waals surface area contributed by atoms with Crippen LogP contribution in [0.15, 0.2) is 24.3 Å². The fourth-order valence-electron chi connectivity index (χ4n) is 1.12. The van der Waals surface area contributed by atoms with Gasteiger partial charge in [0.1, 0.15) is 0 Å². The molecule has 0 radical (unpaired) electrons. The van der Waals surface area contributed by atoms with E-state index in [1.54, 1.807) is 19.1 Å². The van der Waals surface area contributed by atoms with Crippen molar-refractivity contribution in [2.75, 3.05) is 6.61 Å². The predicted molar refractivity (Wildman–Crippen MR) is 52.7 cm³/mol. The molecule has 0 aliphatic heterocycles. The van der Waals surface area contributed by atoms with Crippen molar-refractivity contribution in [2.24, 2.45) is 5.92 Å². The Morgan fingerprint density at radius 1 is 1.38 bits per heavy atom. The maximum absolute atomic E-state index is 9.73. The van der Waals surface area contributed by atoms with E-state index in [0.717, 1.165) is 0 Å². The highest BCUT2D eigenvalue weighted by Crippen LogP contribution is 2.27. The fourth-order valence-corrected chi connectivity index (χ4v) is 1.37. The summed E-state index contributed by atoms with van der Waals surface area (Å²) in [5, 5.41) is 19.1. The second-order valence-electron chi connectivity index (χ2n) is 3.13. The van der Waals surface area contributed by atoms with Gasteiger partial charge in [-0.15, -0.1) is 0 Å². The molecule has 0 amide bonds. The Hall–Kier alpha value is -0.570. The summed E-state index contributed by atoms with van der Waals surface area (Å²) < 4.78 is 0.